The highest BCUT2D eigenvalue weighted by Crippen LogP contribution is 2.21. The molecule has 0 heterocycles. The molecule has 2 aromatic rings. The predicted octanol–water partition coefficient (Wildman–Crippen LogP) is 3.20. The molecule has 2 N–H and O–H groups in total. The molecular weight excluding hydrogens is 366 g/mol. The van der Waals surface area contributed by atoms with Gasteiger partial charge < -0.3 is 15.4 Å². The van der Waals surface area contributed by atoms with Crippen LogP contribution >= 0.6 is 0 Å². The Kier molecular flexibility index (Phi) is 7.79. The van der Waals surface area contributed by atoms with Gasteiger partial charge in [0.05, 0.1) is 19.7 Å². The molecule has 0 radical (unpaired) electrons. The van der Waals surface area contributed by atoms with E-state index in [1.54, 1.807) is 26.0 Å². The molecule has 0 unspecified atom stereocenters. The molecule has 0 saturated carbocycles. The van der Waals surface area contributed by atoms with Crippen LogP contribution in [0.5, 0.6) is 5.75 Å². The maximum Gasteiger partial charge on any atom is 0.238 e. The standard InChI is InChI=1S/C23H31N3O3/c1-15-11-16(2)22(17(3)12-15)25-21(27)14-26(5)18(4)23(28)24-13-19-7-9-20(29-6)10-8-19/h7-12,18H,13-14H2,1-6H3,(H,24,28)(H,25,27)/t18-/m0/s1. The largest absolute Gasteiger partial charge is 0.497 e. The third-order valence-electron chi connectivity index (χ3n) is 5.00. The number of rotatable bonds is 8. The highest BCUT2D eigenvalue weighted by Gasteiger charge is 2.20. The number of hydrogen-bond donors (Lipinski definition) is 2. The van der Waals surface area contributed by atoms with E-state index < -0.39 is 6.04 Å². The average Bonchev–Trinajstić information content (AvgIpc) is 2.68. The fraction of sp³-hybridized carbons (Fsp3) is 0.391. The van der Waals surface area contributed by atoms with Gasteiger partial charge in [0.1, 0.15) is 5.75 Å². The van der Waals surface area contributed by atoms with Gasteiger partial charge in [0.15, 0.2) is 0 Å². The number of aryl methyl sites for hydroxylation is 3. The summed E-state index contributed by atoms with van der Waals surface area (Å²) in [6.07, 6.45) is 0. The summed E-state index contributed by atoms with van der Waals surface area (Å²) >= 11 is 0. The Morgan fingerprint density at radius 2 is 1.66 bits per heavy atom. The van der Waals surface area contributed by atoms with Crippen LogP contribution in [-0.4, -0.2) is 43.5 Å². The molecule has 156 valence electrons. The van der Waals surface area contributed by atoms with Crippen molar-refractivity contribution in [2.75, 3.05) is 26.0 Å². The van der Waals surface area contributed by atoms with Gasteiger partial charge >= 0.3 is 0 Å². The molecule has 2 amide bonds. The molecule has 1 atom stereocenters. The van der Waals surface area contributed by atoms with Gasteiger partial charge in [-0.2, -0.15) is 0 Å². The third-order valence-corrected chi connectivity index (χ3v) is 5.00. The van der Waals surface area contributed by atoms with Crippen LogP contribution in [0.25, 0.3) is 0 Å². The van der Waals surface area contributed by atoms with Gasteiger partial charge in [-0.1, -0.05) is 29.8 Å². The van der Waals surface area contributed by atoms with E-state index in [-0.39, 0.29) is 18.4 Å². The molecular formula is C23H31N3O3. The van der Waals surface area contributed by atoms with Gasteiger partial charge in [0.2, 0.25) is 11.8 Å². The molecule has 0 aromatic heterocycles. The van der Waals surface area contributed by atoms with Crippen molar-refractivity contribution in [3.8, 4) is 5.75 Å². The molecule has 0 aliphatic rings. The van der Waals surface area contributed by atoms with Crippen LogP contribution in [-0.2, 0) is 16.1 Å². The first-order valence-electron chi connectivity index (χ1n) is 9.70. The summed E-state index contributed by atoms with van der Waals surface area (Å²) < 4.78 is 5.13. The number of likely N-dealkylation sites (N-methyl/N-ethyl adjacent to an activating group) is 1. The Balaban J connectivity index is 1.87. The van der Waals surface area contributed by atoms with Crippen LogP contribution in [0.1, 0.15) is 29.2 Å². The van der Waals surface area contributed by atoms with Gasteiger partial charge in [-0.25, -0.2) is 0 Å². The van der Waals surface area contributed by atoms with E-state index in [1.165, 1.54) is 0 Å². The number of hydrogen-bond acceptors (Lipinski definition) is 4. The lowest BCUT2D eigenvalue weighted by molar-refractivity contribution is -0.126. The lowest BCUT2D eigenvalue weighted by Gasteiger charge is -2.24. The van der Waals surface area contributed by atoms with Crippen molar-refractivity contribution in [3.63, 3.8) is 0 Å². The third kappa shape index (κ3) is 6.32. The highest BCUT2D eigenvalue weighted by molar-refractivity contribution is 5.94. The van der Waals surface area contributed by atoms with Crippen LogP contribution in [0.3, 0.4) is 0 Å². The number of carbonyl (C=O) groups excluding carboxylic acids is 2. The van der Waals surface area contributed by atoms with Gasteiger partial charge in [-0.05, 0) is 63.6 Å². The van der Waals surface area contributed by atoms with E-state index in [0.29, 0.717) is 6.54 Å². The number of nitrogens with one attached hydrogen (secondary N) is 2. The summed E-state index contributed by atoms with van der Waals surface area (Å²) in [6.45, 7) is 8.34. The Morgan fingerprint density at radius 3 is 2.21 bits per heavy atom. The SMILES string of the molecule is COc1ccc(CNC(=O)[C@H](C)N(C)CC(=O)Nc2c(C)cc(C)cc2C)cc1. The summed E-state index contributed by atoms with van der Waals surface area (Å²) in [5.74, 6) is 0.509. The molecule has 2 rings (SSSR count). The maximum absolute atomic E-state index is 12.5. The van der Waals surface area contributed by atoms with Gasteiger partial charge in [-0.15, -0.1) is 0 Å². The molecule has 0 spiro atoms. The Hall–Kier alpha value is -2.86. The summed E-state index contributed by atoms with van der Waals surface area (Å²) in [5, 5.41) is 5.89. The quantitative estimate of drug-likeness (QED) is 0.718. The van der Waals surface area contributed by atoms with Gasteiger partial charge in [-0.3, -0.25) is 14.5 Å². The lowest BCUT2D eigenvalue weighted by atomic mass is 10.1. The fourth-order valence-corrected chi connectivity index (χ4v) is 3.20. The zero-order valence-electron chi connectivity index (χ0n) is 18.1. The number of anilines is 1. The summed E-state index contributed by atoms with van der Waals surface area (Å²) in [6, 6.07) is 11.2. The molecule has 0 aliphatic carbocycles. The van der Waals surface area contributed by atoms with Crippen LogP contribution in [0.15, 0.2) is 36.4 Å². The van der Waals surface area contributed by atoms with Crippen molar-refractivity contribution in [2.45, 2.75) is 40.3 Å². The van der Waals surface area contributed by atoms with E-state index in [2.05, 4.69) is 10.6 Å². The zero-order valence-corrected chi connectivity index (χ0v) is 18.1. The minimum atomic E-state index is -0.431. The van der Waals surface area contributed by atoms with Crippen LogP contribution in [0, 0.1) is 20.8 Å². The number of amides is 2. The normalized spacial score (nSPS) is 11.8. The minimum absolute atomic E-state index is 0.126. The van der Waals surface area contributed by atoms with Crippen molar-refractivity contribution in [1.82, 2.24) is 10.2 Å². The van der Waals surface area contributed by atoms with E-state index in [0.717, 1.165) is 33.7 Å². The molecule has 29 heavy (non-hydrogen) atoms. The number of benzene rings is 2. The summed E-state index contributed by atoms with van der Waals surface area (Å²) in [5.41, 5.74) is 5.05. The topological polar surface area (TPSA) is 70.7 Å². The van der Waals surface area contributed by atoms with Crippen LogP contribution < -0.4 is 15.4 Å². The van der Waals surface area contributed by atoms with E-state index in [9.17, 15) is 9.59 Å². The lowest BCUT2D eigenvalue weighted by Crippen LogP contribution is -2.45. The summed E-state index contributed by atoms with van der Waals surface area (Å²) in [7, 11) is 3.39. The first-order valence-corrected chi connectivity index (χ1v) is 9.70. The second kappa shape index (κ2) is 10.1. The fourth-order valence-electron chi connectivity index (χ4n) is 3.20. The number of carbonyl (C=O) groups is 2. The van der Waals surface area contributed by atoms with Crippen molar-refractivity contribution < 1.29 is 14.3 Å². The van der Waals surface area contributed by atoms with Crippen molar-refractivity contribution >= 4 is 17.5 Å². The van der Waals surface area contributed by atoms with Crippen LogP contribution in [0.2, 0.25) is 0 Å². The zero-order chi connectivity index (χ0) is 21.6. The average molecular weight is 398 g/mol. The number of methoxy groups -OCH3 is 1. The number of ether oxygens (including phenoxy) is 1. The maximum atomic E-state index is 12.5. The molecule has 2 aromatic carbocycles. The molecule has 0 bridgehead atoms. The van der Waals surface area contributed by atoms with E-state index in [4.69, 9.17) is 4.74 Å². The molecule has 0 fully saturated rings. The molecule has 6 heteroatoms. The smallest absolute Gasteiger partial charge is 0.238 e. The second-order valence-electron chi connectivity index (χ2n) is 7.48. The van der Waals surface area contributed by atoms with Gasteiger partial charge in [0, 0.05) is 12.2 Å². The summed E-state index contributed by atoms with van der Waals surface area (Å²) in [4.78, 5) is 26.7. The Bertz CT molecular complexity index is 839. The second-order valence-corrected chi connectivity index (χ2v) is 7.48. The molecule has 0 saturated heterocycles. The Morgan fingerprint density at radius 1 is 1.07 bits per heavy atom. The number of nitrogens with zero attached hydrogens (tertiary/aromatic N) is 1. The van der Waals surface area contributed by atoms with E-state index >= 15 is 0 Å². The molecule has 6 nitrogen and oxygen atoms in total. The Labute approximate surface area is 173 Å². The van der Waals surface area contributed by atoms with Crippen molar-refractivity contribution in [1.29, 1.82) is 0 Å². The van der Waals surface area contributed by atoms with Gasteiger partial charge in [0.25, 0.3) is 0 Å². The first kappa shape index (κ1) is 22.4. The van der Waals surface area contributed by atoms with Crippen molar-refractivity contribution in [2.24, 2.45) is 0 Å². The van der Waals surface area contributed by atoms with E-state index in [1.807, 2.05) is 57.2 Å². The van der Waals surface area contributed by atoms with Crippen molar-refractivity contribution in [3.05, 3.63) is 58.7 Å². The predicted molar refractivity (Wildman–Crippen MR) is 116 cm³/mol. The van der Waals surface area contributed by atoms with Crippen LogP contribution in [0.4, 0.5) is 5.69 Å². The highest BCUT2D eigenvalue weighted by atomic mass is 16.5. The first-order chi connectivity index (χ1) is 13.7. The minimum Gasteiger partial charge on any atom is -0.497 e. The molecule has 0 aliphatic heterocycles. The monoisotopic (exact) mass is 397 g/mol.